The number of benzene rings is 1. The van der Waals surface area contributed by atoms with Crippen LogP contribution < -0.4 is 5.32 Å². The first-order valence-electron chi connectivity index (χ1n) is 6.70. The highest BCUT2D eigenvalue weighted by molar-refractivity contribution is 7.89. The van der Waals surface area contributed by atoms with Crippen LogP contribution in [0.25, 0.3) is 0 Å². The standard InChI is InChI=1S/C14H21ClN2O4S/c1-6-14(2,3)16-13(18)10-7-8-11(15)12(9-10)22(19,20)17(4)21-5/h7-9H,6H2,1-5H3,(H,16,18). The second-order valence-corrected chi connectivity index (χ2v) is 7.75. The number of carbonyl (C=O) groups excluding carboxylic acids is 1. The largest absolute Gasteiger partial charge is 0.347 e. The first-order chi connectivity index (χ1) is 10.0. The third-order valence-corrected chi connectivity index (χ3v) is 5.56. The number of rotatable bonds is 6. The lowest BCUT2D eigenvalue weighted by Crippen LogP contribution is -2.42. The van der Waals surface area contributed by atoms with Crippen LogP contribution in [0.4, 0.5) is 0 Å². The van der Waals surface area contributed by atoms with E-state index in [1.165, 1.54) is 32.4 Å². The lowest BCUT2D eigenvalue weighted by atomic mass is 10.0. The minimum atomic E-state index is -3.93. The quantitative estimate of drug-likeness (QED) is 0.801. The molecule has 1 aromatic rings. The van der Waals surface area contributed by atoms with Gasteiger partial charge in [-0.2, -0.15) is 0 Å². The highest BCUT2D eigenvalue weighted by atomic mass is 35.5. The summed E-state index contributed by atoms with van der Waals surface area (Å²) in [6, 6.07) is 4.11. The van der Waals surface area contributed by atoms with Crippen molar-refractivity contribution in [2.45, 2.75) is 37.6 Å². The molecule has 1 amide bonds. The van der Waals surface area contributed by atoms with Gasteiger partial charge in [-0.05, 0) is 38.5 Å². The first kappa shape index (κ1) is 18.9. The summed E-state index contributed by atoms with van der Waals surface area (Å²) >= 11 is 5.95. The molecule has 0 unspecified atom stereocenters. The number of sulfonamides is 1. The number of hydrogen-bond acceptors (Lipinski definition) is 4. The predicted molar refractivity (Wildman–Crippen MR) is 85.2 cm³/mol. The smallest absolute Gasteiger partial charge is 0.266 e. The van der Waals surface area contributed by atoms with Crippen molar-refractivity contribution in [3.63, 3.8) is 0 Å². The molecule has 22 heavy (non-hydrogen) atoms. The predicted octanol–water partition coefficient (Wildman–Crippen LogP) is 2.44. The Kier molecular flexibility index (Phi) is 5.97. The van der Waals surface area contributed by atoms with Gasteiger partial charge in [0.15, 0.2) is 0 Å². The van der Waals surface area contributed by atoms with Crippen LogP contribution in [0.3, 0.4) is 0 Å². The fourth-order valence-electron chi connectivity index (χ4n) is 1.55. The second-order valence-electron chi connectivity index (χ2n) is 5.43. The summed E-state index contributed by atoms with van der Waals surface area (Å²) in [6.07, 6.45) is 0.740. The first-order valence-corrected chi connectivity index (χ1v) is 8.52. The lowest BCUT2D eigenvalue weighted by molar-refractivity contribution is -0.0258. The molecule has 1 aromatic carbocycles. The molecule has 124 valence electrons. The maximum absolute atomic E-state index is 12.3. The number of hydroxylamine groups is 1. The number of halogens is 1. The Morgan fingerprint density at radius 1 is 1.41 bits per heavy atom. The number of hydrogen-bond donors (Lipinski definition) is 1. The van der Waals surface area contributed by atoms with Crippen molar-refractivity contribution >= 4 is 27.5 Å². The van der Waals surface area contributed by atoms with Crippen LogP contribution in [0.5, 0.6) is 0 Å². The van der Waals surface area contributed by atoms with E-state index in [1.54, 1.807) is 0 Å². The summed E-state index contributed by atoms with van der Waals surface area (Å²) in [5.74, 6) is -0.361. The molecule has 0 saturated heterocycles. The van der Waals surface area contributed by atoms with Crippen LogP contribution >= 0.6 is 11.6 Å². The molecule has 0 aliphatic rings. The molecule has 6 nitrogen and oxygen atoms in total. The van der Waals surface area contributed by atoms with Gasteiger partial charge in [0.25, 0.3) is 15.9 Å². The normalized spacial score (nSPS) is 12.5. The minimum absolute atomic E-state index is 0.0233. The molecule has 8 heteroatoms. The van der Waals surface area contributed by atoms with Crippen LogP contribution in [-0.4, -0.2) is 38.5 Å². The van der Waals surface area contributed by atoms with Crippen molar-refractivity contribution < 1.29 is 18.0 Å². The van der Waals surface area contributed by atoms with Gasteiger partial charge in [-0.15, -0.1) is 0 Å². The number of nitrogens with one attached hydrogen (secondary N) is 1. The Morgan fingerprint density at radius 3 is 2.50 bits per heavy atom. The molecule has 0 aromatic heterocycles. The molecule has 0 fully saturated rings. The van der Waals surface area contributed by atoms with Crippen molar-refractivity contribution in [1.29, 1.82) is 0 Å². The maximum Gasteiger partial charge on any atom is 0.266 e. The number of amides is 1. The van der Waals surface area contributed by atoms with Gasteiger partial charge in [-0.3, -0.25) is 9.63 Å². The van der Waals surface area contributed by atoms with E-state index in [0.29, 0.717) is 4.47 Å². The summed E-state index contributed by atoms with van der Waals surface area (Å²) in [7, 11) is -1.45. The SMILES string of the molecule is CCC(C)(C)NC(=O)c1ccc(Cl)c(S(=O)(=O)N(C)OC)c1. The summed E-state index contributed by atoms with van der Waals surface area (Å²) in [4.78, 5) is 16.8. The van der Waals surface area contributed by atoms with E-state index in [-0.39, 0.29) is 26.9 Å². The van der Waals surface area contributed by atoms with Gasteiger partial charge < -0.3 is 5.32 Å². The van der Waals surface area contributed by atoms with Gasteiger partial charge >= 0.3 is 0 Å². The molecule has 0 aliphatic heterocycles. The van der Waals surface area contributed by atoms with E-state index in [4.69, 9.17) is 16.4 Å². The molecule has 0 bridgehead atoms. The van der Waals surface area contributed by atoms with Crippen molar-refractivity contribution in [2.75, 3.05) is 14.2 Å². The summed E-state index contributed by atoms with van der Waals surface area (Å²) in [5.41, 5.74) is -0.173. The third-order valence-electron chi connectivity index (χ3n) is 3.40. The van der Waals surface area contributed by atoms with E-state index >= 15 is 0 Å². The molecule has 0 saturated carbocycles. The second kappa shape index (κ2) is 6.95. The summed E-state index contributed by atoms with van der Waals surface area (Å²) in [5, 5.41) is 2.87. The van der Waals surface area contributed by atoms with Gasteiger partial charge in [0.05, 0.1) is 12.1 Å². The highest BCUT2D eigenvalue weighted by Gasteiger charge is 2.26. The van der Waals surface area contributed by atoms with E-state index < -0.39 is 10.0 Å². The van der Waals surface area contributed by atoms with Crippen molar-refractivity contribution in [3.8, 4) is 0 Å². The molecule has 0 spiro atoms. The Morgan fingerprint density at radius 2 is 2.00 bits per heavy atom. The molecular weight excluding hydrogens is 328 g/mol. The molecule has 0 heterocycles. The van der Waals surface area contributed by atoms with Gasteiger partial charge in [0.2, 0.25) is 0 Å². The molecular formula is C14H21ClN2O4S. The minimum Gasteiger partial charge on any atom is -0.347 e. The van der Waals surface area contributed by atoms with Crippen LogP contribution in [0, 0.1) is 0 Å². The summed E-state index contributed by atoms with van der Waals surface area (Å²) < 4.78 is 25.3. The average molecular weight is 349 g/mol. The maximum atomic E-state index is 12.3. The van der Waals surface area contributed by atoms with Crippen LogP contribution in [0.15, 0.2) is 23.1 Å². The van der Waals surface area contributed by atoms with Crippen LogP contribution in [0.1, 0.15) is 37.6 Å². The van der Waals surface area contributed by atoms with Gasteiger partial charge in [0.1, 0.15) is 4.90 Å². The van der Waals surface area contributed by atoms with Crippen molar-refractivity contribution in [2.24, 2.45) is 0 Å². The van der Waals surface area contributed by atoms with Crippen molar-refractivity contribution in [1.82, 2.24) is 9.79 Å². The van der Waals surface area contributed by atoms with E-state index in [1.807, 2.05) is 20.8 Å². The third kappa shape index (κ3) is 4.19. The molecule has 0 aliphatic carbocycles. The van der Waals surface area contributed by atoms with Gasteiger partial charge in [0, 0.05) is 18.2 Å². The number of nitrogens with zero attached hydrogens (tertiary/aromatic N) is 1. The zero-order valence-electron chi connectivity index (χ0n) is 13.3. The average Bonchev–Trinajstić information content (AvgIpc) is 2.45. The fourth-order valence-corrected chi connectivity index (χ4v) is 3.02. The Bertz CT molecular complexity index is 659. The number of carbonyl (C=O) groups is 1. The molecule has 1 N–H and O–H groups in total. The van der Waals surface area contributed by atoms with Crippen LogP contribution in [-0.2, 0) is 14.9 Å². The topological polar surface area (TPSA) is 75.7 Å². The van der Waals surface area contributed by atoms with Gasteiger partial charge in [-0.1, -0.05) is 23.0 Å². The molecule has 1 rings (SSSR count). The van der Waals surface area contributed by atoms with E-state index in [2.05, 4.69) is 5.32 Å². The van der Waals surface area contributed by atoms with E-state index in [9.17, 15) is 13.2 Å². The van der Waals surface area contributed by atoms with Gasteiger partial charge in [-0.25, -0.2) is 8.42 Å². The fraction of sp³-hybridized carbons (Fsp3) is 0.500. The zero-order chi connectivity index (χ0) is 17.1. The monoisotopic (exact) mass is 348 g/mol. The van der Waals surface area contributed by atoms with Crippen molar-refractivity contribution in [3.05, 3.63) is 28.8 Å². The lowest BCUT2D eigenvalue weighted by Gasteiger charge is -2.24. The Balaban J connectivity index is 3.23. The highest BCUT2D eigenvalue weighted by Crippen LogP contribution is 2.25. The zero-order valence-corrected chi connectivity index (χ0v) is 14.9. The van der Waals surface area contributed by atoms with E-state index in [0.717, 1.165) is 6.42 Å². The Hall–Kier alpha value is -1.15. The van der Waals surface area contributed by atoms with Crippen LogP contribution in [0.2, 0.25) is 5.02 Å². The molecule has 0 radical (unpaired) electrons. The molecule has 0 atom stereocenters. The summed E-state index contributed by atoms with van der Waals surface area (Å²) in [6.45, 7) is 5.72. The Labute approximate surface area is 136 Å².